The molecule has 0 saturated heterocycles. The lowest BCUT2D eigenvalue weighted by atomic mass is 10.1. The smallest absolute Gasteiger partial charge is 0.184 e. The number of benzene rings is 1. The highest BCUT2D eigenvalue weighted by molar-refractivity contribution is 9.10. The molecule has 0 bridgehead atoms. The van der Waals surface area contributed by atoms with Gasteiger partial charge in [0, 0.05) is 6.07 Å². The van der Waals surface area contributed by atoms with Gasteiger partial charge >= 0.3 is 0 Å². The molecule has 0 amide bonds. The molecule has 17 heavy (non-hydrogen) atoms. The van der Waals surface area contributed by atoms with Gasteiger partial charge in [-0.2, -0.15) is 0 Å². The molecule has 1 aromatic rings. The third kappa shape index (κ3) is 2.23. The number of aromatic hydroxyl groups is 1. The van der Waals surface area contributed by atoms with Gasteiger partial charge in [-0.25, -0.2) is 0 Å². The third-order valence-corrected chi connectivity index (χ3v) is 2.98. The number of hydrogen-bond donors (Lipinski definition) is 2. The molecule has 92 valence electrons. The lowest BCUT2D eigenvalue weighted by molar-refractivity contribution is 0.0979. The van der Waals surface area contributed by atoms with E-state index in [4.69, 9.17) is 9.47 Å². The standard InChI is InChI=1S/C11H12BrNO4/c1-13-5-7(14)9-10(15)6(12)4-8-11(9)17-3-2-16-8/h4,13,15H,2-3,5H2,1H3. The molecule has 1 aliphatic rings. The van der Waals surface area contributed by atoms with E-state index in [1.807, 2.05) is 0 Å². The lowest BCUT2D eigenvalue weighted by Crippen LogP contribution is -2.22. The van der Waals surface area contributed by atoms with Gasteiger partial charge in [0.05, 0.1) is 11.0 Å². The van der Waals surface area contributed by atoms with Crippen LogP contribution in [0.5, 0.6) is 17.2 Å². The topological polar surface area (TPSA) is 67.8 Å². The number of halogens is 1. The first kappa shape index (κ1) is 12.2. The predicted octanol–water partition coefficient (Wildman–Crippen LogP) is 1.33. The summed E-state index contributed by atoms with van der Waals surface area (Å²) in [7, 11) is 1.66. The molecule has 0 unspecified atom stereocenters. The third-order valence-electron chi connectivity index (χ3n) is 2.38. The number of phenols is 1. The second-order valence-electron chi connectivity index (χ2n) is 3.56. The van der Waals surface area contributed by atoms with Gasteiger partial charge < -0.3 is 19.9 Å². The summed E-state index contributed by atoms with van der Waals surface area (Å²) in [6.07, 6.45) is 0. The Morgan fingerprint density at radius 1 is 1.53 bits per heavy atom. The molecule has 5 nitrogen and oxygen atoms in total. The largest absolute Gasteiger partial charge is 0.506 e. The van der Waals surface area contributed by atoms with Crippen LogP contribution in [0.15, 0.2) is 10.5 Å². The Labute approximate surface area is 107 Å². The number of rotatable bonds is 3. The number of Topliss-reactive ketones (excluding diaryl/α,β-unsaturated/α-hetero) is 1. The molecule has 6 heteroatoms. The van der Waals surface area contributed by atoms with Gasteiger partial charge in [-0.1, -0.05) is 0 Å². The van der Waals surface area contributed by atoms with Crippen molar-refractivity contribution in [2.24, 2.45) is 0 Å². The summed E-state index contributed by atoms with van der Waals surface area (Å²) in [5.41, 5.74) is 0.156. The van der Waals surface area contributed by atoms with Gasteiger partial charge in [-0.3, -0.25) is 4.79 Å². The maximum atomic E-state index is 11.9. The normalized spacial score (nSPS) is 13.5. The molecule has 0 atom stereocenters. The predicted molar refractivity (Wildman–Crippen MR) is 65.1 cm³/mol. The van der Waals surface area contributed by atoms with Crippen LogP contribution in [0, 0.1) is 0 Å². The summed E-state index contributed by atoms with van der Waals surface area (Å²) in [6.45, 7) is 0.928. The molecule has 0 spiro atoms. The molecule has 1 aliphatic heterocycles. The SMILES string of the molecule is CNCC(=O)c1c(O)c(Br)cc2c1OCCO2. The van der Waals surface area contributed by atoms with E-state index < -0.39 is 0 Å². The minimum absolute atomic E-state index is 0.116. The Morgan fingerprint density at radius 3 is 2.94 bits per heavy atom. The number of ketones is 1. The highest BCUT2D eigenvalue weighted by Gasteiger charge is 2.26. The van der Waals surface area contributed by atoms with E-state index in [1.165, 1.54) is 0 Å². The monoisotopic (exact) mass is 301 g/mol. The van der Waals surface area contributed by atoms with Gasteiger partial charge in [0.15, 0.2) is 17.3 Å². The summed E-state index contributed by atoms with van der Waals surface area (Å²) >= 11 is 3.19. The van der Waals surface area contributed by atoms with Crippen LogP contribution in [0.3, 0.4) is 0 Å². The summed E-state index contributed by atoms with van der Waals surface area (Å²) in [5.74, 6) is 0.431. The quantitative estimate of drug-likeness (QED) is 0.825. The van der Waals surface area contributed by atoms with Crippen LogP contribution in [-0.2, 0) is 0 Å². The summed E-state index contributed by atoms with van der Waals surface area (Å²) < 4.78 is 11.2. The molecular formula is C11H12BrNO4. The Hall–Kier alpha value is -1.27. The van der Waals surface area contributed by atoms with Crippen LogP contribution >= 0.6 is 15.9 Å². The maximum absolute atomic E-state index is 11.9. The molecule has 1 heterocycles. The summed E-state index contributed by atoms with van der Waals surface area (Å²) in [5, 5.41) is 12.7. The Kier molecular flexibility index (Phi) is 3.54. The van der Waals surface area contributed by atoms with Gasteiger partial charge in [-0.15, -0.1) is 0 Å². The number of hydrogen-bond acceptors (Lipinski definition) is 5. The number of carbonyl (C=O) groups excluding carboxylic acids is 1. The number of fused-ring (bicyclic) bond motifs is 1. The van der Waals surface area contributed by atoms with E-state index in [9.17, 15) is 9.90 Å². The Balaban J connectivity index is 2.54. The van der Waals surface area contributed by atoms with E-state index in [-0.39, 0.29) is 23.6 Å². The number of nitrogens with one attached hydrogen (secondary N) is 1. The zero-order valence-corrected chi connectivity index (χ0v) is 10.8. The second-order valence-corrected chi connectivity index (χ2v) is 4.41. The van der Waals surface area contributed by atoms with Crippen molar-refractivity contribution in [3.8, 4) is 17.2 Å². The van der Waals surface area contributed by atoms with Crippen LogP contribution in [-0.4, -0.2) is 37.7 Å². The molecule has 2 rings (SSSR count). The first-order chi connectivity index (χ1) is 8.15. The zero-order chi connectivity index (χ0) is 12.4. The van der Waals surface area contributed by atoms with Crippen molar-refractivity contribution in [3.63, 3.8) is 0 Å². The number of ether oxygens (including phenoxy) is 2. The van der Waals surface area contributed by atoms with Crippen LogP contribution in [0.1, 0.15) is 10.4 Å². The van der Waals surface area contributed by atoms with E-state index in [0.29, 0.717) is 29.2 Å². The van der Waals surface area contributed by atoms with Crippen LogP contribution in [0.2, 0.25) is 0 Å². The van der Waals surface area contributed by atoms with Crippen molar-refractivity contribution in [1.29, 1.82) is 0 Å². The fourth-order valence-corrected chi connectivity index (χ4v) is 2.06. The molecule has 0 saturated carbocycles. The molecule has 0 aliphatic carbocycles. The van der Waals surface area contributed by atoms with E-state index >= 15 is 0 Å². The first-order valence-electron chi connectivity index (χ1n) is 5.14. The average molecular weight is 302 g/mol. The molecule has 1 aromatic carbocycles. The van der Waals surface area contributed by atoms with Crippen LogP contribution in [0.25, 0.3) is 0 Å². The second kappa shape index (κ2) is 4.93. The lowest BCUT2D eigenvalue weighted by Gasteiger charge is -2.22. The minimum atomic E-state index is -0.243. The van der Waals surface area contributed by atoms with Gasteiger partial charge in [0.2, 0.25) is 0 Å². The van der Waals surface area contributed by atoms with Gasteiger partial charge in [0.25, 0.3) is 0 Å². The maximum Gasteiger partial charge on any atom is 0.184 e. The number of carbonyl (C=O) groups is 1. The number of phenolic OH excluding ortho intramolecular Hbond substituents is 1. The van der Waals surface area contributed by atoms with Crippen LogP contribution < -0.4 is 14.8 Å². The molecule has 0 radical (unpaired) electrons. The van der Waals surface area contributed by atoms with Crippen molar-refractivity contribution in [2.45, 2.75) is 0 Å². The Bertz CT molecular complexity index is 461. The van der Waals surface area contributed by atoms with Crippen molar-refractivity contribution in [1.82, 2.24) is 5.32 Å². The zero-order valence-electron chi connectivity index (χ0n) is 9.25. The van der Waals surface area contributed by atoms with Crippen molar-refractivity contribution in [3.05, 3.63) is 16.1 Å². The van der Waals surface area contributed by atoms with Gasteiger partial charge in [-0.05, 0) is 23.0 Å². The van der Waals surface area contributed by atoms with Crippen molar-refractivity contribution in [2.75, 3.05) is 26.8 Å². The van der Waals surface area contributed by atoms with Crippen molar-refractivity contribution < 1.29 is 19.4 Å². The fraction of sp³-hybridized carbons (Fsp3) is 0.364. The van der Waals surface area contributed by atoms with E-state index in [1.54, 1.807) is 13.1 Å². The number of likely N-dealkylation sites (N-methyl/N-ethyl adjacent to an activating group) is 1. The van der Waals surface area contributed by atoms with E-state index in [0.717, 1.165) is 0 Å². The molecule has 0 fully saturated rings. The van der Waals surface area contributed by atoms with E-state index in [2.05, 4.69) is 21.2 Å². The first-order valence-corrected chi connectivity index (χ1v) is 5.93. The fourth-order valence-electron chi connectivity index (χ4n) is 1.65. The van der Waals surface area contributed by atoms with Gasteiger partial charge in [0.1, 0.15) is 24.5 Å². The highest BCUT2D eigenvalue weighted by Crippen LogP contribution is 2.43. The minimum Gasteiger partial charge on any atom is -0.506 e. The summed E-state index contributed by atoms with van der Waals surface area (Å²) in [6, 6.07) is 1.60. The Morgan fingerprint density at radius 2 is 2.24 bits per heavy atom. The molecular weight excluding hydrogens is 290 g/mol. The molecule has 2 N–H and O–H groups in total. The highest BCUT2D eigenvalue weighted by atomic mass is 79.9. The summed E-state index contributed by atoms with van der Waals surface area (Å²) in [4.78, 5) is 11.9. The van der Waals surface area contributed by atoms with Crippen molar-refractivity contribution >= 4 is 21.7 Å². The average Bonchev–Trinajstić information content (AvgIpc) is 2.31. The van der Waals surface area contributed by atoms with Crippen LogP contribution in [0.4, 0.5) is 0 Å². The molecule has 0 aromatic heterocycles.